The quantitative estimate of drug-likeness (QED) is 0.0361. The molecule has 0 saturated carbocycles. The van der Waals surface area contributed by atoms with Crippen LogP contribution < -0.4 is 0 Å². The summed E-state index contributed by atoms with van der Waals surface area (Å²) in [5.74, 6) is 0.789. The minimum absolute atomic E-state index is 0.248. The molecule has 0 aliphatic heterocycles. The number of unbranched alkanes of at least 4 members (excludes halogenated alkanes) is 10. The average Bonchev–Trinajstić information content (AvgIpc) is 1.66. The number of benzene rings is 2. The third kappa shape index (κ3) is 16.1. The summed E-state index contributed by atoms with van der Waals surface area (Å²) in [6.45, 7) is 18.4. The van der Waals surface area contributed by atoms with E-state index in [-0.39, 0.29) is 11.1 Å². The molecule has 0 spiro atoms. The van der Waals surface area contributed by atoms with Gasteiger partial charge in [0.2, 0.25) is 0 Å². The second-order valence-corrected chi connectivity index (χ2v) is 33.3. The summed E-state index contributed by atoms with van der Waals surface area (Å²) in [5.41, 5.74) is 6.53. The summed E-state index contributed by atoms with van der Waals surface area (Å²) in [5, 5.41) is 7.02. The van der Waals surface area contributed by atoms with E-state index in [1.54, 1.807) is 11.3 Å². The fourth-order valence-electron chi connectivity index (χ4n) is 13.6. The number of thiophene rings is 7. The van der Waals surface area contributed by atoms with Gasteiger partial charge in [-0.3, -0.25) is 0 Å². The summed E-state index contributed by atoms with van der Waals surface area (Å²) < 4.78 is 47.3. The SMILES string of the molecule is CCCCCCC(CCCC)Cc1ccc(-c2c3cc(-c4sc(-c5c(F)c(F)c(-c6cc(CC(CC)CCCC)cs6)c6nsnc56)cc4CC(CC)CCCC)sc3c(-c3ccc(CC(CCCC)CCCCCC)s3)c3cc(-c4cccs4)sc23)s1. The Labute approximate surface area is 559 Å². The van der Waals surface area contributed by atoms with E-state index in [0.717, 1.165) is 72.8 Å². The first-order chi connectivity index (χ1) is 43.1. The molecule has 0 radical (unpaired) electrons. The van der Waals surface area contributed by atoms with Crippen molar-refractivity contribution in [1.29, 1.82) is 0 Å². The van der Waals surface area contributed by atoms with Crippen LogP contribution in [0, 0.1) is 35.3 Å². The Morgan fingerprint density at radius 2 is 0.898 bits per heavy atom. The topological polar surface area (TPSA) is 25.8 Å². The van der Waals surface area contributed by atoms with Gasteiger partial charge in [-0.05, 0) is 126 Å². The molecule has 88 heavy (non-hydrogen) atoms. The molecule has 2 aromatic carbocycles. The molecule has 0 aliphatic rings. The number of aromatic nitrogens is 2. The molecular weight excluding hydrogens is 1240 g/mol. The van der Waals surface area contributed by atoms with Gasteiger partial charge < -0.3 is 0 Å². The zero-order chi connectivity index (χ0) is 61.5. The van der Waals surface area contributed by atoms with Gasteiger partial charge in [-0.2, -0.15) is 8.75 Å². The molecule has 4 atom stereocenters. The molecule has 0 saturated heterocycles. The molecule has 12 heteroatoms. The van der Waals surface area contributed by atoms with Crippen molar-refractivity contribution in [2.45, 2.75) is 235 Å². The van der Waals surface area contributed by atoms with E-state index in [2.05, 4.69) is 127 Å². The van der Waals surface area contributed by atoms with Crippen molar-refractivity contribution in [1.82, 2.24) is 8.75 Å². The molecule has 0 amide bonds. The fraction of sp³-hybridized carbons (Fsp3) is 0.526. The predicted molar refractivity (Wildman–Crippen MR) is 395 cm³/mol. The van der Waals surface area contributed by atoms with Crippen molar-refractivity contribution in [2.24, 2.45) is 23.7 Å². The van der Waals surface area contributed by atoms with Crippen LogP contribution in [0.25, 0.3) is 92.5 Å². The second kappa shape index (κ2) is 33.4. The maximum absolute atomic E-state index is 17.6. The van der Waals surface area contributed by atoms with Crippen LogP contribution in [0.5, 0.6) is 0 Å². The third-order valence-corrected chi connectivity index (χ3v) is 27.3. The minimum atomic E-state index is -0.822. The maximum Gasteiger partial charge on any atom is 0.170 e. The highest BCUT2D eigenvalue weighted by Crippen LogP contribution is 2.56. The van der Waals surface area contributed by atoms with Crippen molar-refractivity contribution in [3.8, 4) is 61.3 Å². The van der Waals surface area contributed by atoms with Crippen LogP contribution in [0.2, 0.25) is 0 Å². The van der Waals surface area contributed by atoms with E-state index in [4.69, 9.17) is 8.75 Å². The molecule has 472 valence electrons. The fourth-order valence-corrected chi connectivity index (χ4v) is 22.3. The molecule has 8 heterocycles. The first-order valence-electron chi connectivity index (χ1n) is 34.2. The van der Waals surface area contributed by atoms with E-state index in [1.807, 2.05) is 56.7 Å². The molecule has 2 nitrogen and oxygen atoms in total. The Bertz CT molecular complexity index is 3620. The molecule has 0 bridgehead atoms. The van der Waals surface area contributed by atoms with Gasteiger partial charge in [-0.15, -0.1) is 79.4 Å². The Balaban J connectivity index is 1.15. The van der Waals surface area contributed by atoms with Crippen molar-refractivity contribution >= 4 is 122 Å². The van der Waals surface area contributed by atoms with Gasteiger partial charge in [0.15, 0.2) is 11.6 Å². The number of nitrogens with zero attached hydrogens (tertiary/aromatic N) is 2. The number of halogens is 2. The molecule has 4 unspecified atom stereocenters. The Kier molecular flexibility index (Phi) is 25.6. The van der Waals surface area contributed by atoms with Crippen molar-refractivity contribution in [3.63, 3.8) is 0 Å². The largest absolute Gasteiger partial charge is 0.203 e. The van der Waals surface area contributed by atoms with Gasteiger partial charge >= 0.3 is 0 Å². The summed E-state index contributed by atoms with van der Waals surface area (Å²) in [6, 6.07) is 23.7. The number of hydrogen-bond donors (Lipinski definition) is 0. The predicted octanol–water partition coefficient (Wildman–Crippen LogP) is 28.9. The van der Waals surface area contributed by atoms with E-state index < -0.39 is 11.6 Å². The third-order valence-electron chi connectivity index (χ3n) is 18.8. The van der Waals surface area contributed by atoms with Crippen LogP contribution in [0.15, 0.2) is 71.4 Å². The highest BCUT2D eigenvalue weighted by molar-refractivity contribution is 7.29. The monoisotopic (exact) mass is 1330 g/mol. The van der Waals surface area contributed by atoms with Crippen LogP contribution in [-0.2, 0) is 25.7 Å². The lowest BCUT2D eigenvalue weighted by Crippen LogP contribution is -2.04. The van der Waals surface area contributed by atoms with Crippen LogP contribution in [0.3, 0.4) is 0 Å². The summed E-state index contributed by atoms with van der Waals surface area (Å²) >= 11 is 14.0. The first-order valence-corrected chi connectivity index (χ1v) is 40.8. The molecule has 8 aromatic heterocycles. The Morgan fingerprint density at radius 1 is 0.398 bits per heavy atom. The zero-order valence-corrected chi connectivity index (χ0v) is 60.5. The van der Waals surface area contributed by atoms with E-state index >= 15 is 8.78 Å². The van der Waals surface area contributed by atoms with Crippen molar-refractivity contribution in [2.75, 3.05) is 0 Å². The van der Waals surface area contributed by atoms with E-state index in [0.29, 0.717) is 34.7 Å². The Morgan fingerprint density at radius 3 is 1.42 bits per heavy atom. The summed E-state index contributed by atoms with van der Waals surface area (Å²) in [7, 11) is 0. The maximum atomic E-state index is 17.6. The van der Waals surface area contributed by atoms with E-state index in [1.165, 1.54) is 221 Å². The number of rotatable bonds is 38. The van der Waals surface area contributed by atoms with Gasteiger partial charge in [0.05, 0.1) is 22.9 Å². The normalized spacial score (nSPS) is 13.5. The Hall–Kier alpha value is -3.46. The number of fused-ring (bicyclic) bond motifs is 3. The second-order valence-electron chi connectivity index (χ2n) is 25.5. The smallest absolute Gasteiger partial charge is 0.170 e. The van der Waals surface area contributed by atoms with E-state index in [9.17, 15) is 0 Å². The van der Waals surface area contributed by atoms with Crippen LogP contribution in [0.1, 0.15) is 230 Å². The van der Waals surface area contributed by atoms with Gasteiger partial charge in [0.1, 0.15) is 11.0 Å². The van der Waals surface area contributed by atoms with Crippen molar-refractivity contribution in [3.05, 3.63) is 104 Å². The highest BCUT2D eigenvalue weighted by Gasteiger charge is 2.31. The minimum Gasteiger partial charge on any atom is -0.203 e. The van der Waals surface area contributed by atoms with Crippen LogP contribution in [0.4, 0.5) is 8.78 Å². The van der Waals surface area contributed by atoms with Gasteiger partial charge in [-0.25, -0.2) is 8.78 Å². The number of hydrogen-bond acceptors (Lipinski definition) is 10. The van der Waals surface area contributed by atoms with Gasteiger partial charge in [-0.1, -0.05) is 216 Å². The summed E-state index contributed by atoms with van der Waals surface area (Å²) in [4.78, 5) is 12.2. The van der Waals surface area contributed by atoms with Crippen LogP contribution in [-0.4, -0.2) is 8.75 Å². The van der Waals surface area contributed by atoms with Gasteiger partial charge in [0.25, 0.3) is 0 Å². The highest BCUT2D eigenvalue weighted by atomic mass is 32.1. The molecule has 0 aliphatic carbocycles. The standard InChI is InChI=1S/C76H96F2N2S8/c1-9-17-23-25-32-51(30-21-13-5)42-55-35-37-60(83-55)66-57-46-62(59-34-27-39-81-59)85-75(57)67(61-38-36-56(84-61)43-52(31-22-14-6)33-26-24-18-10-2)58-47-65(87-76(58)66)74-54(41-50(16-8)29-20-12-4)45-64(86-74)69-71(78)70(77)68(72-73(69)80-88-79-72)63-44-53(48-82-63)40-49(15-7)28-19-11-3/h27,34-39,44-52H,9-26,28-33,40-43H2,1-8H3. The molecule has 0 fully saturated rings. The zero-order valence-electron chi connectivity index (χ0n) is 54.0. The molecule has 10 rings (SSSR count). The summed E-state index contributed by atoms with van der Waals surface area (Å²) in [6.07, 6.45) is 34.0. The lowest BCUT2D eigenvalue weighted by atomic mass is 9.91. The molecular formula is C76H96F2N2S8. The molecule has 10 aromatic rings. The lowest BCUT2D eigenvalue weighted by molar-refractivity contribution is 0.412. The van der Waals surface area contributed by atoms with Crippen LogP contribution >= 0.6 is 91.1 Å². The average molecular weight is 1330 g/mol. The van der Waals surface area contributed by atoms with Gasteiger partial charge in [0, 0.05) is 80.1 Å². The lowest BCUT2D eigenvalue weighted by Gasteiger charge is -2.16. The first kappa shape index (κ1) is 67.4. The molecule has 0 N–H and O–H groups in total. The van der Waals surface area contributed by atoms with Crippen molar-refractivity contribution < 1.29 is 8.78 Å².